The van der Waals surface area contributed by atoms with Gasteiger partial charge in [0.2, 0.25) is 0 Å². The summed E-state index contributed by atoms with van der Waals surface area (Å²) < 4.78 is 39.9. The van der Waals surface area contributed by atoms with Crippen LogP contribution in [0.25, 0.3) is 0 Å². The first-order chi connectivity index (χ1) is 9.29. The quantitative estimate of drug-likeness (QED) is 0.856. The van der Waals surface area contributed by atoms with E-state index in [1.807, 2.05) is 0 Å². The highest BCUT2D eigenvalue weighted by Gasteiger charge is 2.17. The van der Waals surface area contributed by atoms with Gasteiger partial charge in [0.1, 0.15) is 11.6 Å². The number of rotatable bonds is 3. The van der Waals surface area contributed by atoms with Crippen LogP contribution in [0.5, 0.6) is 5.75 Å². The fourth-order valence-corrected chi connectivity index (χ4v) is 3.12. The lowest BCUT2D eigenvalue weighted by Crippen LogP contribution is -2.14. The molecular formula is C14H14FNO3S. The van der Waals surface area contributed by atoms with E-state index in [-0.39, 0.29) is 10.6 Å². The highest BCUT2D eigenvalue weighted by molar-refractivity contribution is 7.92. The molecule has 0 fully saturated rings. The number of hydrogen-bond donors (Lipinski definition) is 2. The Hall–Kier alpha value is -2.08. The standard InChI is InChI=1S/C14H14FNO3S/c1-9-8-12(4-5-13(9)17)16-20(18,19)14-6-3-11(15)7-10(14)2/h3-8,16-17H,1-2H3. The van der Waals surface area contributed by atoms with E-state index in [0.717, 1.165) is 12.1 Å². The summed E-state index contributed by atoms with van der Waals surface area (Å²) in [6.07, 6.45) is 0. The average Bonchev–Trinajstić information content (AvgIpc) is 2.33. The predicted molar refractivity (Wildman–Crippen MR) is 74.8 cm³/mol. The fourth-order valence-electron chi connectivity index (χ4n) is 1.84. The molecule has 0 atom stereocenters. The van der Waals surface area contributed by atoms with E-state index < -0.39 is 15.8 Å². The molecule has 0 aliphatic carbocycles. The number of hydrogen-bond acceptors (Lipinski definition) is 3. The SMILES string of the molecule is Cc1cc(NS(=O)(=O)c2ccc(F)cc2C)ccc1O. The largest absolute Gasteiger partial charge is 0.508 e. The summed E-state index contributed by atoms with van der Waals surface area (Å²) in [6.45, 7) is 3.19. The molecule has 20 heavy (non-hydrogen) atoms. The van der Waals surface area contributed by atoms with Crippen LogP contribution in [0, 0.1) is 19.7 Å². The maximum atomic E-state index is 13.0. The minimum atomic E-state index is -3.79. The lowest BCUT2D eigenvalue weighted by Gasteiger charge is -2.11. The second kappa shape index (κ2) is 5.13. The molecule has 106 valence electrons. The molecule has 0 saturated carbocycles. The van der Waals surface area contributed by atoms with Crippen LogP contribution in [0.1, 0.15) is 11.1 Å². The number of aromatic hydroxyl groups is 1. The van der Waals surface area contributed by atoms with Crippen molar-refractivity contribution in [1.29, 1.82) is 0 Å². The number of sulfonamides is 1. The summed E-state index contributed by atoms with van der Waals surface area (Å²) >= 11 is 0. The molecular weight excluding hydrogens is 281 g/mol. The van der Waals surface area contributed by atoms with E-state index in [9.17, 15) is 17.9 Å². The maximum absolute atomic E-state index is 13.0. The monoisotopic (exact) mass is 295 g/mol. The summed E-state index contributed by atoms with van der Waals surface area (Å²) in [5.74, 6) is -0.396. The highest BCUT2D eigenvalue weighted by atomic mass is 32.2. The summed E-state index contributed by atoms with van der Waals surface area (Å²) in [7, 11) is -3.79. The summed E-state index contributed by atoms with van der Waals surface area (Å²) in [4.78, 5) is 0.0182. The van der Waals surface area contributed by atoms with Crippen LogP contribution in [0.15, 0.2) is 41.3 Å². The molecule has 4 nitrogen and oxygen atoms in total. The first-order valence-electron chi connectivity index (χ1n) is 5.88. The van der Waals surface area contributed by atoms with Gasteiger partial charge in [0.15, 0.2) is 0 Å². The van der Waals surface area contributed by atoms with Crippen molar-refractivity contribution in [2.75, 3.05) is 4.72 Å². The van der Waals surface area contributed by atoms with Crippen LogP contribution >= 0.6 is 0 Å². The van der Waals surface area contributed by atoms with Crippen LogP contribution in [0.3, 0.4) is 0 Å². The molecule has 2 N–H and O–H groups in total. The molecule has 2 aromatic rings. The fraction of sp³-hybridized carbons (Fsp3) is 0.143. The van der Waals surface area contributed by atoms with Gasteiger partial charge in [-0.1, -0.05) is 0 Å². The van der Waals surface area contributed by atoms with Gasteiger partial charge in [-0.2, -0.15) is 0 Å². The average molecular weight is 295 g/mol. The molecule has 0 amide bonds. The van der Waals surface area contributed by atoms with Crippen molar-refractivity contribution in [3.8, 4) is 5.75 Å². The molecule has 0 spiro atoms. The van der Waals surface area contributed by atoms with Gasteiger partial charge in [0, 0.05) is 5.69 Å². The smallest absolute Gasteiger partial charge is 0.262 e. The lowest BCUT2D eigenvalue weighted by molar-refractivity contribution is 0.471. The van der Waals surface area contributed by atoms with Gasteiger partial charge in [-0.3, -0.25) is 4.72 Å². The third-order valence-corrected chi connectivity index (χ3v) is 4.42. The number of benzene rings is 2. The van der Waals surface area contributed by atoms with E-state index in [1.165, 1.54) is 31.2 Å². The van der Waals surface area contributed by atoms with E-state index in [0.29, 0.717) is 16.8 Å². The van der Waals surface area contributed by atoms with E-state index in [4.69, 9.17) is 0 Å². The Morgan fingerprint density at radius 1 is 1.05 bits per heavy atom. The molecule has 6 heteroatoms. The number of aryl methyl sites for hydroxylation is 2. The lowest BCUT2D eigenvalue weighted by atomic mass is 10.2. The first-order valence-corrected chi connectivity index (χ1v) is 7.36. The van der Waals surface area contributed by atoms with Crippen molar-refractivity contribution in [1.82, 2.24) is 0 Å². The van der Waals surface area contributed by atoms with Crippen LogP contribution in [-0.2, 0) is 10.0 Å². The van der Waals surface area contributed by atoms with Gasteiger partial charge >= 0.3 is 0 Å². The molecule has 0 saturated heterocycles. The third kappa shape index (κ3) is 2.91. The number of halogens is 1. The van der Waals surface area contributed by atoms with E-state index >= 15 is 0 Å². The molecule has 2 aromatic carbocycles. The third-order valence-electron chi connectivity index (χ3n) is 2.88. The van der Waals surface area contributed by atoms with Gasteiger partial charge in [0.05, 0.1) is 4.90 Å². The normalized spacial score (nSPS) is 11.3. The van der Waals surface area contributed by atoms with Crippen molar-refractivity contribution in [3.05, 3.63) is 53.3 Å². The molecule has 0 unspecified atom stereocenters. The van der Waals surface area contributed by atoms with Crippen LogP contribution in [0.2, 0.25) is 0 Å². The Morgan fingerprint density at radius 2 is 1.75 bits per heavy atom. The van der Waals surface area contributed by atoms with Crippen molar-refractivity contribution in [2.24, 2.45) is 0 Å². The van der Waals surface area contributed by atoms with Crippen LogP contribution in [-0.4, -0.2) is 13.5 Å². The molecule has 0 bridgehead atoms. The van der Waals surface area contributed by atoms with E-state index in [1.54, 1.807) is 6.92 Å². The Bertz CT molecular complexity index is 757. The second-order valence-electron chi connectivity index (χ2n) is 4.52. The Morgan fingerprint density at radius 3 is 2.35 bits per heavy atom. The molecule has 0 aliphatic heterocycles. The van der Waals surface area contributed by atoms with Crippen LogP contribution in [0.4, 0.5) is 10.1 Å². The summed E-state index contributed by atoms with van der Waals surface area (Å²) in [6, 6.07) is 7.87. The van der Waals surface area contributed by atoms with Crippen molar-refractivity contribution < 1.29 is 17.9 Å². The summed E-state index contributed by atoms with van der Waals surface area (Å²) in [5, 5.41) is 9.41. The van der Waals surface area contributed by atoms with Crippen LogP contribution < -0.4 is 4.72 Å². The van der Waals surface area contributed by atoms with Crippen molar-refractivity contribution in [3.63, 3.8) is 0 Å². The maximum Gasteiger partial charge on any atom is 0.262 e. The zero-order valence-corrected chi connectivity index (χ0v) is 11.8. The second-order valence-corrected chi connectivity index (χ2v) is 6.17. The number of phenols is 1. The van der Waals surface area contributed by atoms with Gasteiger partial charge in [-0.05, 0) is 61.4 Å². The van der Waals surface area contributed by atoms with E-state index in [2.05, 4.69) is 4.72 Å². The van der Waals surface area contributed by atoms with Gasteiger partial charge in [0.25, 0.3) is 10.0 Å². The molecule has 0 heterocycles. The number of anilines is 1. The molecule has 2 rings (SSSR count). The Labute approximate surface area is 116 Å². The van der Waals surface area contributed by atoms with Crippen molar-refractivity contribution in [2.45, 2.75) is 18.7 Å². The Balaban J connectivity index is 2.38. The number of phenolic OH excluding ortho intramolecular Hbond substituents is 1. The highest BCUT2D eigenvalue weighted by Crippen LogP contribution is 2.24. The molecule has 0 radical (unpaired) electrons. The minimum absolute atomic E-state index is 0.0182. The first kappa shape index (κ1) is 14.3. The zero-order valence-electron chi connectivity index (χ0n) is 11.0. The minimum Gasteiger partial charge on any atom is -0.508 e. The number of nitrogens with one attached hydrogen (secondary N) is 1. The Kier molecular flexibility index (Phi) is 3.67. The predicted octanol–water partition coefficient (Wildman–Crippen LogP) is 2.95. The van der Waals surface area contributed by atoms with Gasteiger partial charge in [-0.25, -0.2) is 12.8 Å². The van der Waals surface area contributed by atoms with Crippen molar-refractivity contribution >= 4 is 15.7 Å². The zero-order chi connectivity index (χ0) is 14.9. The van der Waals surface area contributed by atoms with Gasteiger partial charge in [-0.15, -0.1) is 0 Å². The summed E-state index contributed by atoms with van der Waals surface area (Å²) in [5.41, 5.74) is 1.22. The van der Waals surface area contributed by atoms with Gasteiger partial charge < -0.3 is 5.11 Å². The topological polar surface area (TPSA) is 66.4 Å². The molecule has 0 aromatic heterocycles. The molecule has 0 aliphatic rings.